The van der Waals surface area contributed by atoms with Gasteiger partial charge in [0.15, 0.2) is 0 Å². The largest absolute Gasteiger partial charge is 0.361 e. The fourth-order valence-electron chi connectivity index (χ4n) is 4.68. The summed E-state index contributed by atoms with van der Waals surface area (Å²) in [5.41, 5.74) is 3.51. The maximum absolute atomic E-state index is 13.2. The molecular formula is C26H27N5O. The van der Waals surface area contributed by atoms with E-state index < -0.39 is 0 Å². The van der Waals surface area contributed by atoms with Crippen molar-refractivity contribution < 1.29 is 4.79 Å². The Morgan fingerprint density at radius 1 is 1.12 bits per heavy atom. The smallest absolute Gasteiger partial charge is 0.224 e. The number of para-hydroxylation sites is 1. The Balaban J connectivity index is 1.33. The SMILES string of the molecule is O=C(NC[C@H](c1ccccc1)c1c[nH]c2ccccc12)[C@@H]1CCCN(c2cnccn2)C1. The lowest BCUT2D eigenvalue weighted by Gasteiger charge is -2.33. The molecule has 2 aromatic carbocycles. The number of nitrogens with zero attached hydrogens (tertiary/aromatic N) is 3. The number of piperidine rings is 1. The van der Waals surface area contributed by atoms with Gasteiger partial charge in [-0.1, -0.05) is 48.5 Å². The number of rotatable bonds is 6. The van der Waals surface area contributed by atoms with Crippen molar-refractivity contribution in [3.05, 3.63) is 90.5 Å². The number of fused-ring (bicyclic) bond motifs is 1. The quantitative estimate of drug-likeness (QED) is 0.487. The van der Waals surface area contributed by atoms with Gasteiger partial charge in [0.05, 0.1) is 12.1 Å². The highest BCUT2D eigenvalue weighted by Crippen LogP contribution is 2.30. The molecule has 0 unspecified atom stereocenters. The minimum atomic E-state index is -0.0508. The van der Waals surface area contributed by atoms with E-state index in [9.17, 15) is 4.79 Å². The number of carbonyl (C=O) groups is 1. The molecule has 1 aliphatic rings. The number of anilines is 1. The molecule has 2 N–H and O–H groups in total. The van der Waals surface area contributed by atoms with E-state index in [-0.39, 0.29) is 17.7 Å². The van der Waals surface area contributed by atoms with Crippen molar-refractivity contribution in [1.29, 1.82) is 0 Å². The Bertz CT molecular complexity index is 1170. The third kappa shape index (κ3) is 4.21. The zero-order valence-corrected chi connectivity index (χ0v) is 17.9. The molecule has 0 saturated carbocycles. The van der Waals surface area contributed by atoms with Crippen LogP contribution in [0.15, 0.2) is 79.4 Å². The molecule has 1 saturated heterocycles. The van der Waals surface area contributed by atoms with Crippen molar-refractivity contribution in [1.82, 2.24) is 20.3 Å². The number of carbonyl (C=O) groups excluding carboxylic acids is 1. The molecule has 0 aliphatic carbocycles. The van der Waals surface area contributed by atoms with Gasteiger partial charge in [0.25, 0.3) is 0 Å². The number of aromatic nitrogens is 3. The maximum atomic E-state index is 13.2. The number of hydrogen-bond acceptors (Lipinski definition) is 4. The second kappa shape index (κ2) is 9.22. The number of nitrogens with one attached hydrogen (secondary N) is 2. The van der Waals surface area contributed by atoms with Gasteiger partial charge in [-0.2, -0.15) is 0 Å². The van der Waals surface area contributed by atoms with Crippen LogP contribution in [0.5, 0.6) is 0 Å². The molecule has 2 atom stereocenters. The third-order valence-corrected chi connectivity index (χ3v) is 6.34. The van der Waals surface area contributed by atoms with E-state index in [0.29, 0.717) is 13.1 Å². The standard InChI is InChI=1S/C26H27N5O/c32-26(20-9-6-14-31(18-20)25-17-27-12-13-28-25)30-15-22(19-7-2-1-3-8-19)23-16-29-24-11-5-4-10-21(23)24/h1-5,7-8,10-13,16-17,20,22,29H,6,9,14-15,18H2,(H,30,32)/t20-,22-/m1/s1. The van der Waals surface area contributed by atoms with Crippen LogP contribution >= 0.6 is 0 Å². The summed E-state index contributed by atoms with van der Waals surface area (Å²) in [5, 5.41) is 4.46. The molecule has 5 rings (SSSR count). The molecule has 6 heteroatoms. The molecule has 1 aliphatic heterocycles. The third-order valence-electron chi connectivity index (χ3n) is 6.34. The predicted octanol–water partition coefficient (Wildman–Crippen LogP) is 4.12. The van der Waals surface area contributed by atoms with Crippen molar-refractivity contribution >= 4 is 22.6 Å². The van der Waals surface area contributed by atoms with E-state index >= 15 is 0 Å². The van der Waals surface area contributed by atoms with Crippen LogP contribution in [-0.4, -0.2) is 40.5 Å². The molecule has 162 valence electrons. The van der Waals surface area contributed by atoms with Gasteiger partial charge in [-0.05, 0) is 30.0 Å². The zero-order chi connectivity index (χ0) is 21.8. The van der Waals surface area contributed by atoms with Crippen LogP contribution in [0.2, 0.25) is 0 Å². The van der Waals surface area contributed by atoms with Gasteiger partial charge in [0.1, 0.15) is 5.82 Å². The molecule has 3 heterocycles. The lowest BCUT2D eigenvalue weighted by molar-refractivity contribution is -0.125. The first-order valence-corrected chi connectivity index (χ1v) is 11.2. The van der Waals surface area contributed by atoms with E-state index in [2.05, 4.69) is 73.8 Å². The van der Waals surface area contributed by atoms with Crippen LogP contribution in [0.1, 0.15) is 29.9 Å². The molecule has 1 fully saturated rings. The summed E-state index contributed by atoms with van der Waals surface area (Å²) >= 11 is 0. The van der Waals surface area contributed by atoms with E-state index in [4.69, 9.17) is 0 Å². The van der Waals surface area contributed by atoms with Crippen LogP contribution in [0.3, 0.4) is 0 Å². The van der Waals surface area contributed by atoms with Crippen molar-refractivity contribution in [2.24, 2.45) is 5.92 Å². The van der Waals surface area contributed by atoms with Crippen LogP contribution in [0, 0.1) is 5.92 Å². The summed E-state index contributed by atoms with van der Waals surface area (Å²) in [5.74, 6) is 0.978. The number of H-pyrrole nitrogens is 1. The first kappa shape index (κ1) is 20.2. The molecule has 6 nitrogen and oxygen atoms in total. The molecule has 32 heavy (non-hydrogen) atoms. The van der Waals surface area contributed by atoms with Gasteiger partial charge < -0.3 is 15.2 Å². The van der Waals surface area contributed by atoms with Gasteiger partial charge in [-0.25, -0.2) is 4.98 Å². The van der Waals surface area contributed by atoms with Crippen LogP contribution in [0.4, 0.5) is 5.82 Å². The monoisotopic (exact) mass is 425 g/mol. The molecule has 1 amide bonds. The lowest BCUT2D eigenvalue weighted by atomic mass is 9.90. The number of amides is 1. The van der Waals surface area contributed by atoms with Crippen LogP contribution in [0.25, 0.3) is 10.9 Å². The van der Waals surface area contributed by atoms with Crippen LogP contribution < -0.4 is 10.2 Å². The second-order valence-corrected chi connectivity index (χ2v) is 8.35. The summed E-state index contributed by atoms with van der Waals surface area (Å²) in [4.78, 5) is 27.3. The van der Waals surface area contributed by atoms with E-state index in [1.54, 1.807) is 18.6 Å². The summed E-state index contributed by atoms with van der Waals surface area (Å²) < 4.78 is 0. The Hall–Kier alpha value is -3.67. The average Bonchev–Trinajstić information content (AvgIpc) is 3.29. The highest BCUT2D eigenvalue weighted by molar-refractivity contribution is 5.84. The first-order chi connectivity index (χ1) is 15.8. The fourth-order valence-corrected chi connectivity index (χ4v) is 4.68. The Labute approximate surface area is 187 Å². The highest BCUT2D eigenvalue weighted by Gasteiger charge is 2.27. The molecule has 0 spiro atoms. The summed E-state index contributed by atoms with van der Waals surface area (Å²) in [6.45, 7) is 2.14. The van der Waals surface area contributed by atoms with E-state index in [1.165, 1.54) is 16.5 Å². The van der Waals surface area contributed by atoms with Gasteiger partial charge in [-0.3, -0.25) is 9.78 Å². The summed E-state index contributed by atoms with van der Waals surface area (Å²) in [6.07, 6.45) is 9.08. The molecule has 2 aromatic heterocycles. The molecule has 0 bridgehead atoms. The first-order valence-electron chi connectivity index (χ1n) is 11.2. The Morgan fingerprint density at radius 3 is 2.81 bits per heavy atom. The summed E-state index contributed by atoms with van der Waals surface area (Å²) in [7, 11) is 0. The van der Waals surface area contributed by atoms with Crippen molar-refractivity contribution in [3.63, 3.8) is 0 Å². The lowest BCUT2D eigenvalue weighted by Crippen LogP contribution is -2.44. The number of aromatic amines is 1. The Morgan fingerprint density at radius 2 is 1.97 bits per heavy atom. The topological polar surface area (TPSA) is 73.9 Å². The fraction of sp³-hybridized carbons (Fsp3) is 0.269. The average molecular weight is 426 g/mol. The van der Waals surface area contributed by atoms with Gasteiger partial charge >= 0.3 is 0 Å². The van der Waals surface area contributed by atoms with Crippen molar-refractivity contribution in [2.75, 3.05) is 24.5 Å². The minimum absolute atomic E-state index is 0.0508. The zero-order valence-electron chi connectivity index (χ0n) is 17.9. The highest BCUT2D eigenvalue weighted by atomic mass is 16.1. The molecule has 0 radical (unpaired) electrons. The maximum Gasteiger partial charge on any atom is 0.224 e. The molecule has 4 aromatic rings. The Kier molecular flexibility index (Phi) is 5.83. The second-order valence-electron chi connectivity index (χ2n) is 8.35. The molecular weight excluding hydrogens is 398 g/mol. The van der Waals surface area contributed by atoms with Gasteiger partial charge in [0.2, 0.25) is 5.91 Å². The van der Waals surface area contributed by atoms with E-state index in [1.807, 2.05) is 12.1 Å². The van der Waals surface area contributed by atoms with Crippen molar-refractivity contribution in [3.8, 4) is 0 Å². The predicted molar refractivity (Wildman–Crippen MR) is 127 cm³/mol. The van der Waals surface area contributed by atoms with Gasteiger partial charge in [0, 0.05) is 55.0 Å². The van der Waals surface area contributed by atoms with Gasteiger partial charge in [-0.15, -0.1) is 0 Å². The summed E-state index contributed by atoms with van der Waals surface area (Å²) in [6, 6.07) is 18.7. The van der Waals surface area contributed by atoms with E-state index in [0.717, 1.165) is 30.7 Å². The normalized spacial score (nSPS) is 17.2. The number of benzene rings is 2. The van der Waals surface area contributed by atoms with Crippen molar-refractivity contribution in [2.45, 2.75) is 18.8 Å². The minimum Gasteiger partial charge on any atom is -0.361 e. The number of hydrogen-bond donors (Lipinski definition) is 2. The van der Waals surface area contributed by atoms with Crippen LogP contribution in [-0.2, 0) is 4.79 Å².